The zero-order valence-electron chi connectivity index (χ0n) is 7.94. The molecule has 0 bridgehead atoms. The van der Waals surface area contributed by atoms with Gasteiger partial charge in [0.25, 0.3) is 0 Å². The molecule has 2 nitrogen and oxygen atoms in total. The Morgan fingerprint density at radius 2 is 1.67 bits per heavy atom. The fraction of sp³-hybridized carbons (Fsp3) is 0. The normalized spacial score (nSPS) is 10.2. The van der Waals surface area contributed by atoms with Crippen molar-refractivity contribution in [1.29, 1.82) is 0 Å². The van der Waals surface area contributed by atoms with Crippen LogP contribution >= 0.6 is 0 Å². The lowest BCUT2D eigenvalue weighted by Gasteiger charge is -2.06. The zero-order valence-corrected chi connectivity index (χ0v) is 7.94. The summed E-state index contributed by atoms with van der Waals surface area (Å²) in [5.41, 5.74) is 6.49. The smallest absolute Gasteiger partial charge is 0.175 e. The lowest BCUT2D eigenvalue weighted by atomic mass is 10.0. The van der Waals surface area contributed by atoms with E-state index in [0.29, 0.717) is 11.1 Å². The van der Waals surface area contributed by atoms with Crippen LogP contribution in [-0.2, 0) is 0 Å². The van der Waals surface area contributed by atoms with E-state index in [1.54, 1.807) is 18.2 Å². The third-order valence-corrected chi connectivity index (χ3v) is 2.23. The van der Waals surface area contributed by atoms with Crippen molar-refractivity contribution >= 4 is 5.69 Å². The molecule has 0 spiro atoms. The number of phenolic OH excluding ortho intramolecular Hbond substituents is 1. The summed E-state index contributed by atoms with van der Waals surface area (Å²) in [7, 11) is 0. The molecule has 3 heteroatoms. The molecule has 0 aliphatic carbocycles. The minimum Gasteiger partial charge on any atom is -0.503 e. The van der Waals surface area contributed by atoms with Crippen LogP contribution in [0.1, 0.15) is 0 Å². The van der Waals surface area contributed by atoms with Crippen LogP contribution in [0, 0.1) is 5.82 Å². The van der Waals surface area contributed by atoms with E-state index in [1.165, 1.54) is 6.07 Å². The second-order valence-corrected chi connectivity index (χ2v) is 3.23. The Morgan fingerprint density at radius 1 is 1.00 bits per heavy atom. The average molecular weight is 203 g/mol. The SMILES string of the molecule is Nc1ccc(-c2ccccc2)c(F)c1O. The van der Waals surface area contributed by atoms with Gasteiger partial charge in [-0.25, -0.2) is 4.39 Å². The summed E-state index contributed by atoms with van der Waals surface area (Å²) in [6.45, 7) is 0. The van der Waals surface area contributed by atoms with Crippen LogP contribution in [0.25, 0.3) is 11.1 Å². The van der Waals surface area contributed by atoms with Crippen molar-refractivity contribution in [2.45, 2.75) is 0 Å². The second-order valence-electron chi connectivity index (χ2n) is 3.23. The standard InChI is InChI=1S/C12H10FNO/c13-11-9(6-7-10(14)12(11)15)8-4-2-1-3-5-8/h1-7,15H,14H2. The highest BCUT2D eigenvalue weighted by atomic mass is 19.1. The van der Waals surface area contributed by atoms with Crippen molar-refractivity contribution in [2.24, 2.45) is 0 Å². The number of phenols is 1. The molecule has 0 aliphatic heterocycles. The fourth-order valence-corrected chi connectivity index (χ4v) is 1.42. The van der Waals surface area contributed by atoms with Gasteiger partial charge in [-0.1, -0.05) is 30.3 Å². The molecular weight excluding hydrogens is 193 g/mol. The third-order valence-electron chi connectivity index (χ3n) is 2.23. The highest BCUT2D eigenvalue weighted by Crippen LogP contribution is 2.32. The Labute approximate surface area is 86.8 Å². The molecule has 0 fully saturated rings. The Kier molecular flexibility index (Phi) is 2.29. The number of nitrogen functional groups attached to an aromatic ring is 1. The van der Waals surface area contributed by atoms with E-state index in [9.17, 15) is 9.50 Å². The Morgan fingerprint density at radius 3 is 2.33 bits per heavy atom. The van der Waals surface area contributed by atoms with Gasteiger partial charge in [-0.15, -0.1) is 0 Å². The predicted molar refractivity (Wildman–Crippen MR) is 57.9 cm³/mol. The fourth-order valence-electron chi connectivity index (χ4n) is 1.42. The van der Waals surface area contributed by atoms with Crippen LogP contribution in [0.4, 0.5) is 10.1 Å². The number of hydrogen-bond donors (Lipinski definition) is 2. The van der Waals surface area contributed by atoms with Gasteiger partial charge in [0.1, 0.15) is 0 Å². The minimum atomic E-state index is -0.679. The van der Waals surface area contributed by atoms with E-state index in [2.05, 4.69) is 0 Å². The van der Waals surface area contributed by atoms with E-state index in [-0.39, 0.29) is 5.69 Å². The molecule has 2 aromatic carbocycles. The summed E-state index contributed by atoms with van der Waals surface area (Å²) in [6.07, 6.45) is 0. The summed E-state index contributed by atoms with van der Waals surface area (Å²) in [5, 5.41) is 9.35. The number of halogens is 1. The maximum atomic E-state index is 13.6. The number of benzene rings is 2. The molecule has 0 saturated heterocycles. The largest absolute Gasteiger partial charge is 0.503 e. The van der Waals surface area contributed by atoms with Crippen molar-refractivity contribution in [3.63, 3.8) is 0 Å². The van der Waals surface area contributed by atoms with Crippen LogP contribution in [0.5, 0.6) is 5.75 Å². The topological polar surface area (TPSA) is 46.2 Å². The second kappa shape index (κ2) is 3.61. The highest BCUT2D eigenvalue weighted by molar-refractivity contribution is 5.70. The Balaban J connectivity index is 2.60. The van der Waals surface area contributed by atoms with Gasteiger partial charge < -0.3 is 10.8 Å². The number of nitrogens with two attached hydrogens (primary N) is 1. The molecule has 15 heavy (non-hydrogen) atoms. The van der Waals surface area contributed by atoms with Crippen molar-refractivity contribution < 1.29 is 9.50 Å². The maximum absolute atomic E-state index is 13.6. The molecule has 0 unspecified atom stereocenters. The Bertz CT molecular complexity index is 482. The van der Waals surface area contributed by atoms with Crippen LogP contribution < -0.4 is 5.73 Å². The summed E-state index contributed by atoms with van der Waals surface area (Å²) in [5.74, 6) is -1.17. The lowest BCUT2D eigenvalue weighted by molar-refractivity contribution is 0.436. The molecular formula is C12H10FNO. The first-order valence-electron chi connectivity index (χ1n) is 4.52. The van der Waals surface area contributed by atoms with E-state index >= 15 is 0 Å². The molecule has 0 aromatic heterocycles. The molecule has 0 amide bonds. The van der Waals surface area contributed by atoms with E-state index < -0.39 is 11.6 Å². The first-order valence-corrected chi connectivity index (χ1v) is 4.52. The summed E-state index contributed by atoms with van der Waals surface area (Å²) in [6, 6.07) is 12.0. The summed E-state index contributed by atoms with van der Waals surface area (Å²) >= 11 is 0. The molecule has 0 radical (unpaired) electrons. The van der Waals surface area contributed by atoms with Gasteiger partial charge in [-0.2, -0.15) is 0 Å². The van der Waals surface area contributed by atoms with Crippen molar-refractivity contribution in [1.82, 2.24) is 0 Å². The average Bonchev–Trinajstić information content (AvgIpc) is 2.27. The number of rotatable bonds is 1. The number of hydrogen-bond acceptors (Lipinski definition) is 2. The zero-order chi connectivity index (χ0) is 10.8. The van der Waals surface area contributed by atoms with Gasteiger partial charge in [-0.3, -0.25) is 0 Å². The minimum absolute atomic E-state index is 0.0483. The molecule has 3 N–H and O–H groups in total. The molecule has 2 aromatic rings. The number of anilines is 1. The van der Waals surface area contributed by atoms with Crippen molar-refractivity contribution in [3.8, 4) is 16.9 Å². The maximum Gasteiger partial charge on any atom is 0.175 e. The highest BCUT2D eigenvalue weighted by Gasteiger charge is 2.11. The summed E-state index contributed by atoms with van der Waals surface area (Å²) < 4.78 is 13.6. The van der Waals surface area contributed by atoms with Crippen LogP contribution in [-0.4, -0.2) is 5.11 Å². The number of aromatic hydroxyl groups is 1. The lowest BCUT2D eigenvalue weighted by Crippen LogP contribution is -1.91. The molecule has 0 saturated carbocycles. The van der Waals surface area contributed by atoms with E-state index in [0.717, 1.165) is 0 Å². The molecule has 0 atom stereocenters. The molecule has 0 aliphatic rings. The predicted octanol–water partition coefficient (Wildman–Crippen LogP) is 2.78. The van der Waals surface area contributed by atoms with Crippen LogP contribution in [0.3, 0.4) is 0 Å². The van der Waals surface area contributed by atoms with Gasteiger partial charge >= 0.3 is 0 Å². The first-order chi connectivity index (χ1) is 7.20. The quantitative estimate of drug-likeness (QED) is 0.553. The van der Waals surface area contributed by atoms with Crippen molar-refractivity contribution in [2.75, 3.05) is 5.73 Å². The molecule has 76 valence electrons. The van der Waals surface area contributed by atoms with Gasteiger partial charge in [0, 0.05) is 5.56 Å². The summed E-state index contributed by atoms with van der Waals surface area (Å²) in [4.78, 5) is 0. The van der Waals surface area contributed by atoms with E-state index in [4.69, 9.17) is 5.73 Å². The first kappa shape index (κ1) is 9.52. The van der Waals surface area contributed by atoms with Gasteiger partial charge in [0.05, 0.1) is 5.69 Å². The van der Waals surface area contributed by atoms with E-state index in [1.807, 2.05) is 18.2 Å². The van der Waals surface area contributed by atoms with Gasteiger partial charge in [-0.05, 0) is 17.7 Å². The van der Waals surface area contributed by atoms with Gasteiger partial charge in [0.2, 0.25) is 0 Å². The van der Waals surface area contributed by atoms with Gasteiger partial charge in [0.15, 0.2) is 11.6 Å². The Hall–Kier alpha value is -2.03. The van der Waals surface area contributed by atoms with Crippen LogP contribution in [0.2, 0.25) is 0 Å². The monoisotopic (exact) mass is 203 g/mol. The van der Waals surface area contributed by atoms with Crippen molar-refractivity contribution in [3.05, 3.63) is 48.3 Å². The third kappa shape index (κ3) is 1.64. The molecule has 0 heterocycles. The molecule has 2 rings (SSSR count). The van der Waals surface area contributed by atoms with Crippen LogP contribution in [0.15, 0.2) is 42.5 Å².